The lowest BCUT2D eigenvalue weighted by molar-refractivity contribution is -0.115. The van der Waals surface area contributed by atoms with Gasteiger partial charge in [-0.05, 0) is 60.9 Å². The van der Waals surface area contributed by atoms with Gasteiger partial charge in [-0.2, -0.15) is 0 Å². The van der Waals surface area contributed by atoms with Gasteiger partial charge in [-0.25, -0.2) is 0 Å². The van der Waals surface area contributed by atoms with E-state index in [1.54, 1.807) is 11.8 Å². The second-order valence-corrected chi connectivity index (χ2v) is 8.46. The van der Waals surface area contributed by atoms with Crippen molar-refractivity contribution in [2.45, 2.75) is 25.6 Å². The Hall–Kier alpha value is -3.05. The normalized spacial score (nSPS) is 16.0. The van der Waals surface area contributed by atoms with Crippen LogP contribution in [0.3, 0.4) is 0 Å². The number of aryl methyl sites for hydroxylation is 2. The van der Waals surface area contributed by atoms with Crippen molar-refractivity contribution in [3.8, 4) is 0 Å². The van der Waals surface area contributed by atoms with Crippen LogP contribution in [0, 0.1) is 6.92 Å². The molecule has 5 heteroatoms. The van der Waals surface area contributed by atoms with Crippen LogP contribution in [-0.2, 0) is 11.2 Å². The molecule has 3 aromatic rings. The molecule has 1 aliphatic heterocycles. The smallest absolute Gasteiger partial charge is 0.255 e. The van der Waals surface area contributed by atoms with Crippen LogP contribution in [0.25, 0.3) is 0 Å². The van der Waals surface area contributed by atoms with Crippen molar-refractivity contribution in [1.29, 1.82) is 0 Å². The lowest BCUT2D eigenvalue weighted by Gasteiger charge is -2.25. The van der Waals surface area contributed by atoms with Gasteiger partial charge >= 0.3 is 0 Å². The SMILES string of the molecule is CCc1ccc(N2C(=O)CSC2c2cccc(NC(=O)c3ccc(C)cc3)c2)cc1. The Morgan fingerprint density at radius 1 is 1.07 bits per heavy atom. The van der Waals surface area contributed by atoms with Gasteiger partial charge in [0.1, 0.15) is 5.37 Å². The van der Waals surface area contributed by atoms with Gasteiger partial charge in [-0.15, -0.1) is 11.8 Å². The first-order valence-electron chi connectivity index (χ1n) is 10.1. The predicted octanol–water partition coefficient (Wildman–Crippen LogP) is 5.59. The van der Waals surface area contributed by atoms with E-state index >= 15 is 0 Å². The minimum absolute atomic E-state index is 0.100. The van der Waals surface area contributed by atoms with Crippen molar-refractivity contribution in [3.05, 3.63) is 95.1 Å². The molecule has 1 fully saturated rings. The first-order valence-corrected chi connectivity index (χ1v) is 11.1. The highest BCUT2D eigenvalue weighted by atomic mass is 32.2. The number of amides is 2. The summed E-state index contributed by atoms with van der Waals surface area (Å²) in [7, 11) is 0. The van der Waals surface area contributed by atoms with E-state index in [0.29, 0.717) is 11.3 Å². The summed E-state index contributed by atoms with van der Waals surface area (Å²) in [5.41, 5.74) is 5.60. The quantitative estimate of drug-likeness (QED) is 0.590. The van der Waals surface area contributed by atoms with Crippen LogP contribution in [0.1, 0.15) is 39.3 Å². The summed E-state index contributed by atoms with van der Waals surface area (Å²) >= 11 is 1.61. The van der Waals surface area contributed by atoms with E-state index in [0.717, 1.165) is 28.9 Å². The van der Waals surface area contributed by atoms with Crippen molar-refractivity contribution in [2.75, 3.05) is 16.0 Å². The molecule has 0 radical (unpaired) electrons. The summed E-state index contributed by atoms with van der Waals surface area (Å²) < 4.78 is 0. The fourth-order valence-corrected chi connectivity index (χ4v) is 4.69. The number of nitrogens with zero attached hydrogens (tertiary/aromatic N) is 1. The van der Waals surface area contributed by atoms with Crippen LogP contribution in [0.15, 0.2) is 72.8 Å². The fourth-order valence-electron chi connectivity index (χ4n) is 3.52. The molecule has 4 rings (SSSR count). The molecule has 0 aromatic heterocycles. The molecule has 1 aliphatic rings. The van der Waals surface area contributed by atoms with Gasteiger partial charge in [0, 0.05) is 16.9 Å². The van der Waals surface area contributed by atoms with Crippen molar-refractivity contribution in [1.82, 2.24) is 0 Å². The van der Waals surface area contributed by atoms with Crippen LogP contribution in [-0.4, -0.2) is 17.6 Å². The van der Waals surface area contributed by atoms with E-state index in [4.69, 9.17) is 0 Å². The molecule has 4 nitrogen and oxygen atoms in total. The third-order valence-electron chi connectivity index (χ3n) is 5.23. The minimum atomic E-state index is -0.144. The van der Waals surface area contributed by atoms with Gasteiger partial charge in [-0.1, -0.05) is 48.9 Å². The van der Waals surface area contributed by atoms with Crippen LogP contribution in [0.5, 0.6) is 0 Å². The van der Waals surface area contributed by atoms with Gasteiger partial charge in [-0.3, -0.25) is 14.5 Å². The Balaban J connectivity index is 1.56. The third kappa shape index (κ3) is 4.26. The molecule has 3 aromatic carbocycles. The van der Waals surface area contributed by atoms with Gasteiger partial charge < -0.3 is 5.32 Å². The lowest BCUT2D eigenvalue weighted by atomic mass is 10.1. The maximum absolute atomic E-state index is 12.6. The fraction of sp³-hybridized carbons (Fsp3) is 0.200. The number of nitrogens with one attached hydrogen (secondary N) is 1. The maximum Gasteiger partial charge on any atom is 0.255 e. The zero-order chi connectivity index (χ0) is 21.1. The van der Waals surface area contributed by atoms with Gasteiger partial charge in [0.25, 0.3) is 5.91 Å². The van der Waals surface area contributed by atoms with Crippen LogP contribution < -0.4 is 10.2 Å². The topological polar surface area (TPSA) is 49.4 Å². The van der Waals surface area contributed by atoms with Crippen molar-refractivity contribution >= 4 is 35.0 Å². The molecular formula is C25H24N2O2S. The monoisotopic (exact) mass is 416 g/mol. The number of benzene rings is 3. The number of carbonyl (C=O) groups excluding carboxylic acids is 2. The summed E-state index contributed by atoms with van der Waals surface area (Å²) in [6.07, 6.45) is 0.967. The first kappa shape index (κ1) is 20.2. The van der Waals surface area contributed by atoms with Crippen LogP contribution >= 0.6 is 11.8 Å². The number of thioether (sulfide) groups is 1. The molecule has 1 N–H and O–H groups in total. The molecule has 1 atom stereocenters. The lowest BCUT2D eigenvalue weighted by Crippen LogP contribution is -2.27. The summed E-state index contributed by atoms with van der Waals surface area (Å²) in [4.78, 5) is 27.1. The molecule has 1 heterocycles. The molecule has 1 saturated heterocycles. The average molecular weight is 417 g/mol. The third-order valence-corrected chi connectivity index (χ3v) is 6.45. The molecule has 0 aliphatic carbocycles. The van der Waals surface area contributed by atoms with Gasteiger partial charge in [0.05, 0.1) is 5.75 Å². The van der Waals surface area contributed by atoms with E-state index in [1.807, 2.05) is 72.5 Å². The molecule has 1 unspecified atom stereocenters. The van der Waals surface area contributed by atoms with Crippen molar-refractivity contribution in [2.24, 2.45) is 0 Å². The van der Waals surface area contributed by atoms with Gasteiger partial charge in [0.15, 0.2) is 0 Å². The van der Waals surface area contributed by atoms with E-state index in [1.165, 1.54) is 5.56 Å². The molecule has 30 heavy (non-hydrogen) atoms. The molecule has 0 saturated carbocycles. The predicted molar refractivity (Wildman–Crippen MR) is 124 cm³/mol. The van der Waals surface area contributed by atoms with Crippen molar-refractivity contribution < 1.29 is 9.59 Å². The van der Waals surface area contributed by atoms with Gasteiger partial charge in [0.2, 0.25) is 5.91 Å². The van der Waals surface area contributed by atoms with E-state index in [9.17, 15) is 9.59 Å². The Kier molecular flexibility index (Phi) is 5.91. The Labute approximate surface area is 181 Å². The largest absolute Gasteiger partial charge is 0.322 e. The van der Waals surface area contributed by atoms with Crippen molar-refractivity contribution in [3.63, 3.8) is 0 Å². The molecular weight excluding hydrogens is 392 g/mol. The van der Waals surface area contributed by atoms with E-state index in [-0.39, 0.29) is 17.2 Å². The van der Waals surface area contributed by atoms with Crippen LogP contribution in [0.2, 0.25) is 0 Å². The highest BCUT2D eigenvalue weighted by Crippen LogP contribution is 2.42. The second kappa shape index (κ2) is 8.76. The van der Waals surface area contributed by atoms with E-state index in [2.05, 4.69) is 24.4 Å². The number of hydrogen-bond donors (Lipinski definition) is 1. The Bertz CT molecular complexity index is 1060. The molecule has 0 spiro atoms. The number of carbonyl (C=O) groups is 2. The number of anilines is 2. The Morgan fingerprint density at radius 3 is 2.50 bits per heavy atom. The Morgan fingerprint density at radius 2 is 1.80 bits per heavy atom. The standard InChI is InChI=1S/C25H24N2O2S/c1-3-18-9-13-22(14-10-18)27-23(28)16-30-25(27)20-5-4-6-21(15-20)26-24(29)19-11-7-17(2)8-12-19/h4-15,25H,3,16H2,1-2H3,(H,26,29). The number of hydrogen-bond acceptors (Lipinski definition) is 3. The van der Waals surface area contributed by atoms with Crippen LogP contribution in [0.4, 0.5) is 11.4 Å². The van der Waals surface area contributed by atoms with E-state index < -0.39 is 0 Å². The highest BCUT2D eigenvalue weighted by Gasteiger charge is 2.34. The first-order chi connectivity index (χ1) is 14.5. The second-order valence-electron chi connectivity index (χ2n) is 7.39. The maximum atomic E-state index is 12.6. The average Bonchev–Trinajstić information content (AvgIpc) is 3.16. The summed E-state index contributed by atoms with van der Waals surface area (Å²) in [6.45, 7) is 4.11. The molecule has 152 valence electrons. The molecule has 0 bridgehead atoms. The highest BCUT2D eigenvalue weighted by molar-refractivity contribution is 8.00. The zero-order valence-electron chi connectivity index (χ0n) is 17.1. The summed E-state index contributed by atoms with van der Waals surface area (Å²) in [5.74, 6) is 0.401. The molecule has 2 amide bonds. The number of rotatable bonds is 5. The summed E-state index contributed by atoms with van der Waals surface area (Å²) in [5, 5.41) is 2.86. The minimum Gasteiger partial charge on any atom is -0.322 e. The summed E-state index contributed by atoms with van der Waals surface area (Å²) in [6, 6.07) is 23.4. The zero-order valence-corrected chi connectivity index (χ0v) is 17.9.